The Morgan fingerprint density at radius 2 is 1.80 bits per heavy atom. The lowest BCUT2D eigenvalue weighted by molar-refractivity contribution is 0.208. The largest absolute Gasteiger partial charge is 0.315 e. The molecule has 1 saturated carbocycles. The van der Waals surface area contributed by atoms with Gasteiger partial charge >= 0.3 is 0 Å². The van der Waals surface area contributed by atoms with E-state index in [9.17, 15) is 0 Å². The van der Waals surface area contributed by atoms with Gasteiger partial charge in [0.1, 0.15) is 0 Å². The molecule has 0 amide bonds. The van der Waals surface area contributed by atoms with E-state index in [0.717, 1.165) is 19.6 Å². The molecule has 0 radical (unpaired) electrons. The van der Waals surface area contributed by atoms with Crippen LogP contribution in [0.15, 0.2) is 0 Å². The Morgan fingerprint density at radius 1 is 1.13 bits per heavy atom. The van der Waals surface area contributed by atoms with Crippen LogP contribution in [0.25, 0.3) is 0 Å². The normalized spacial score (nSPS) is 19.7. The first-order valence-electron chi connectivity index (χ1n) is 6.12. The summed E-state index contributed by atoms with van der Waals surface area (Å²) >= 11 is 0. The zero-order valence-corrected chi connectivity index (χ0v) is 9.94. The Kier molecular flexibility index (Phi) is 5.75. The van der Waals surface area contributed by atoms with Crippen LogP contribution in [-0.4, -0.2) is 26.2 Å². The molecule has 1 aliphatic rings. The number of hydrogen-bond donors (Lipinski definition) is 2. The summed E-state index contributed by atoms with van der Waals surface area (Å²) in [6, 6.07) is 0. The molecule has 0 aromatic heterocycles. The van der Waals surface area contributed by atoms with Gasteiger partial charge in [-0.3, -0.25) is 0 Å². The number of rotatable bonds is 6. The van der Waals surface area contributed by atoms with Crippen molar-refractivity contribution in [2.75, 3.05) is 26.2 Å². The fourth-order valence-corrected chi connectivity index (χ4v) is 2.31. The highest BCUT2D eigenvalue weighted by molar-refractivity contribution is 4.86. The van der Waals surface area contributed by atoms with Crippen LogP contribution < -0.4 is 10.6 Å². The minimum absolute atomic E-state index is 0.546. The molecule has 0 aromatic rings. The van der Waals surface area contributed by atoms with Gasteiger partial charge in [-0.25, -0.2) is 0 Å². The summed E-state index contributed by atoms with van der Waals surface area (Å²) in [5.74, 6) is 2.58. The summed E-state index contributed by atoms with van der Waals surface area (Å²) in [6.07, 6.45) is 12.2. The van der Waals surface area contributed by atoms with Crippen molar-refractivity contribution >= 4 is 0 Å². The molecular formula is C13H24N2. The first kappa shape index (κ1) is 12.5. The summed E-state index contributed by atoms with van der Waals surface area (Å²) < 4.78 is 0. The molecular weight excluding hydrogens is 184 g/mol. The van der Waals surface area contributed by atoms with E-state index < -0.39 is 0 Å². The third-order valence-corrected chi connectivity index (χ3v) is 3.32. The highest BCUT2D eigenvalue weighted by Crippen LogP contribution is 2.34. The van der Waals surface area contributed by atoms with Crippen LogP contribution in [0.1, 0.15) is 39.0 Å². The minimum Gasteiger partial charge on any atom is -0.315 e. The van der Waals surface area contributed by atoms with E-state index in [-0.39, 0.29) is 0 Å². The predicted octanol–water partition coefficient (Wildman–Crippen LogP) is 1.77. The van der Waals surface area contributed by atoms with Crippen LogP contribution in [0.3, 0.4) is 0 Å². The molecule has 0 saturated heterocycles. The second-order valence-corrected chi connectivity index (χ2v) is 4.93. The lowest BCUT2D eigenvalue weighted by atomic mass is 9.76. The lowest BCUT2D eigenvalue weighted by Gasteiger charge is -2.33. The molecule has 1 fully saturated rings. The van der Waals surface area contributed by atoms with Gasteiger partial charge in [0, 0.05) is 19.6 Å². The van der Waals surface area contributed by atoms with Crippen molar-refractivity contribution in [2.45, 2.75) is 39.0 Å². The zero-order valence-electron chi connectivity index (χ0n) is 9.94. The highest BCUT2D eigenvalue weighted by Gasteiger charge is 2.25. The Balaban J connectivity index is 2.01. The Hall–Kier alpha value is -0.520. The second kappa shape index (κ2) is 6.87. The van der Waals surface area contributed by atoms with Crippen molar-refractivity contribution in [3.8, 4) is 12.3 Å². The summed E-state index contributed by atoms with van der Waals surface area (Å²) in [7, 11) is 0. The minimum atomic E-state index is 0.546. The Labute approximate surface area is 94.2 Å². The molecule has 1 aliphatic carbocycles. The van der Waals surface area contributed by atoms with Gasteiger partial charge in [-0.2, -0.15) is 0 Å². The van der Waals surface area contributed by atoms with Gasteiger partial charge in [-0.15, -0.1) is 6.42 Å². The molecule has 0 aliphatic heterocycles. The van der Waals surface area contributed by atoms with Crippen LogP contribution in [0.4, 0.5) is 0 Å². The molecule has 0 aromatic carbocycles. The molecule has 0 unspecified atom stereocenters. The topological polar surface area (TPSA) is 24.1 Å². The maximum Gasteiger partial charge on any atom is 0.0574 e. The van der Waals surface area contributed by atoms with E-state index in [0.29, 0.717) is 12.0 Å². The monoisotopic (exact) mass is 208 g/mol. The van der Waals surface area contributed by atoms with Crippen molar-refractivity contribution in [2.24, 2.45) is 5.41 Å². The molecule has 1 rings (SSSR count). The Morgan fingerprint density at radius 3 is 2.47 bits per heavy atom. The fraction of sp³-hybridized carbons (Fsp3) is 0.846. The summed E-state index contributed by atoms with van der Waals surface area (Å²) in [5, 5.41) is 6.71. The number of nitrogens with one attached hydrogen (secondary N) is 2. The molecule has 0 spiro atoms. The quantitative estimate of drug-likeness (QED) is 0.513. The van der Waals surface area contributed by atoms with Crippen molar-refractivity contribution in [3.05, 3.63) is 0 Å². The van der Waals surface area contributed by atoms with Crippen LogP contribution in [0.2, 0.25) is 0 Å². The predicted molar refractivity (Wildman–Crippen MR) is 65.8 cm³/mol. The summed E-state index contributed by atoms with van der Waals surface area (Å²) in [5.41, 5.74) is 0.546. The first-order chi connectivity index (χ1) is 7.27. The van der Waals surface area contributed by atoms with Gasteiger partial charge in [0.05, 0.1) is 6.54 Å². The van der Waals surface area contributed by atoms with Gasteiger partial charge in [0.25, 0.3) is 0 Å². The summed E-state index contributed by atoms with van der Waals surface area (Å²) in [6.45, 7) is 6.25. The van der Waals surface area contributed by atoms with Gasteiger partial charge in [-0.05, 0) is 18.3 Å². The molecule has 0 atom stereocenters. The number of terminal acetylenes is 1. The summed E-state index contributed by atoms with van der Waals surface area (Å²) in [4.78, 5) is 0. The molecule has 2 heteroatoms. The smallest absolute Gasteiger partial charge is 0.0574 e. The van der Waals surface area contributed by atoms with Crippen LogP contribution in [0.5, 0.6) is 0 Å². The molecule has 2 nitrogen and oxygen atoms in total. The van der Waals surface area contributed by atoms with E-state index in [1.165, 1.54) is 32.1 Å². The van der Waals surface area contributed by atoms with Crippen LogP contribution in [0, 0.1) is 17.8 Å². The van der Waals surface area contributed by atoms with E-state index in [2.05, 4.69) is 23.5 Å². The molecule has 0 bridgehead atoms. The van der Waals surface area contributed by atoms with Crippen molar-refractivity contribution < 1.29 is 0 Å². The average Bonchev–Trinajstić information content (AvgIpc) is 2.24. The molecule has 15 heavy (non-hydrogen) atoms. The molecule has 2 N–H and O–H groups in total. The van der Waals surface area contributed by atoms with E-state index in [4.69, 9.17) is 6.42 Å². The van der Waals surface area contributed by atoms with E-state index in [1.807, 2.05) is 0 Å². The van der Waals surface area contributed by atoms with Crippen molar-refractivity contribution in [3.63, 3.8) is 0 Å². The standard InChI is InChI=1S/C13H24N2/c1-3-9-14-10-11-15-12-13(2)7-5-4-6-8-13/h1,14-15H,4-12H2,2H3. The van der Waals surface area contributed by atoms with E-state index >= 15 is 0 Å². The molecule has 86 valence electrons. The third-order valence-electron chi connectivity index (χ3n) is 3.32. The first-order valence-corrected chi connectivity index (χ1v) is 6.12. The van der Waals surface area contributed by atoms with Gasteiger partial charge in [0.15, 0.2) is 0 Å². The van der Waals surface area contributed by atoms with Crippen molar-refractivity contribution in [1.82, 2.24) is 10.6 Å². The zero-order chi connectivity index (χ0) is 11.0. The van der Waals surface area contributed by atoms with Gasteiger partial charge in [0.2, 0.25) is 0 Å². The van der Waals surface area contributed by atoms with Gasteiger partial charge < -0.3 is 10.6 Å². The molecule has 0 heterocycles. The van der Waals surface area contributed by atoms with Crippen molar-refractivity contribution in [1.29, 1.82) is 0 Å². The lowest BCUT2D eigenvalue weighted by Crippen LogP contribution is -2.37. The van der Waals surface area contributed by atoms with Crippen LogP contribution >= 0.6 is 0 Å². The highest BCUT2D eigenvalue weighted by atomic mass is 14.9. The van der Waals surface area contributed by atoms with Crippen LogP contribution in [-0.2, 0) is 0 Å². The number of hydrogen-bond acceptors (Lipinski definition) is 2. The maximum absolute atomic E-state index is 5.15. The average molecular weight is 208 g/mol. The Bertz CT molecular complexity index is 199. The fourth-order valence-electron chi connectivity index (χ4n) is 2.31. The maximum atomic E-state index is 5.15. The van der Waals surface area contributed by atoms with E-state index in [1.54, 1.807) is 0 Å². The third kappa shape index (κ3) is 5.20. The van der Waals surface area contributed by atoms with Gasteiger partial charge in [-0.1, -0.05) is 32.1 Å². The SMILES string of the molecule is C#CCNCCNCC1(C)CCCCC1. The second-order valence-electron chi connectivity index (χ2n) is 4.93.